The number of aromatic amines is 1. The van der Waals surface area contributed by atoms with E-state index in [0.717, 1.165) is 102 Å². The molecule has 17 nitrogen and oxygen atoms in total. The van der Waals surface area contributed by atoms with Gasteiger partial charge in [0.25, 0.3) is 21.6 Å². The molecule has 0 bridgehead atoms. The normalized spacial score (nSPS) is 20.0. The van der Waals surface area contributed by atoms with Gasteiger partial charge in [0.15, 0.2) is 0 Å². The fraction of sp³-hybridized carbons (Fsp3) is 0.467. The number of piperazine rings is 1. The van der Waals surface area contributed by atoms with Gasteiger partial charge in [0, 0.05) is 120 Å². The molecule has 1 amide bonds. The molecular weight excluding hydrogens is 1040 g/mol. The van der Waals surface area contributed by atoms with E-state index in [1.807, 2.05) is 9.62 Å². The van der Waals surface area contributed by atoms with E-state index in [-0.39, 0.29) is 66.9 Å². The Balaban J connectivity index is 0.787. The fourth-order valence-electron chi connectivity index (χ4n) is 12.8. The number of benzene rings is 4. The highest BCUT2D eigenvalue weighted by Crippen LogP contribution is 2.54. The molecule has 1 aliphatic carbocycles. The van der Waals surface area contributed by atoms with Crippen LogP contribution in [0.2, 0.25) is 0 Å². The Morgan fingerprint density at radius 3 is 2.44 bits per heavy atom. The first-order valence-electron chi connectivity index (χ1n) is 28.1. The van der Waals surface area contributed by atoms with Crippen molar-refractivity contribution in [2.24, 2.45) is 5.41 Å². The number of sulfonamides is 1. The number of amides is 1. The summed E-state index contributed by atoms with van der Waals surface area (Å²) in [5, 5.41) is 15.6. The lowest BCUT2D eigenvalue weighted by molar-refractivity contribution is -0.384. The number of alkyl halides is 1. The SMILES string of the molecule is COc1cc(CN2CCN(C3CC4(CCN(c5cc(Oc6cnc7[nH]ccc7c6)c(C(=O)NS(=O)(=O)c6ccc(NCC7(F)CCOCC7)c([N+](=O)[O-])c6)cc5F)CC4)C3)[C@H](c3ccccc3C(C)C)C2)ccc1CN1CCCC1. The highest BCUT2D eigenvalue weighted by molar-refractivity contribution is 7.90. The van der Waals surface area contributed by atoms with Crippen LogP contribution >= 0.6 is 0 Å². The third-order valence-corrected chi connectivity index (χ3v) is 18.7. The van der Waals surface area contributed by atoms with Crippen molar-refractivity contribution in [1.29, 1.82) is 0 Å². The quantitative estimate of drug-likeness (QED) is 0.0545. The number of likely N-dealkylation sites (tertiary alicyclic amines) is 1. The monoisotopic (exact) mass is 1120 g/mol. The van der Waals surface area contributed by atoms with Crippen LogP contribution in [0.5, 0.6) is 17.2 Å². The Morgan fingerprint density at radius 1 is 0.912 bits per heavy atom. The number of fused-ring (bicyclic) bond motifs is 1. The summed E-state index contributed by atoms with van der Waals surface area (Å²) in [6.07, 6.45) is 9.59. The van der Waals surface area contributed by atoms with Gasteiger partial charge in [0.2, 0.25) is 0 Å². The second-order valence-corrected chi connectivity index (χ2v) is 24.6. The molecule has 4 aromatic carbocycles. The molecule has 424 valence electrons. The number of nitrogens with zero attached hydrogens (tertiary/aromatic N) is 6. The van der Waals surface area contributed by atoms with E-state index >= 15 is 8.78 Å². The molecule has 20 heteroatoms. The maximum Gasteiger partial charge on any atom is 0.293 e. The number of piperidine rings is 1. The minimum absolute atomic E-state index is 0.0823. The van der Waals surface area contributed by atoms with Crippen LogP contribution in [0, 0.1) is 21.3 Å². The van der Waals surface area contributed by atoms with Crippen molar-refractivity contribution < 1.29 is 41.1 Å². The predicted octanol–water partition coefficient (Wildman–Crippen LogP) is 10.5. The zero-order valence-corrected chi connectivity index (χ0v) is 46.5. The average molecular weight is 1120 g/mol. The lowest BCUT2D eigenvalue weighted by atomic mass is 9.59. The van der Waals surface area contributed by atoms with Crippen molar-refractivity contribution in [2.75, 3.05) is 82.9 Å². The molecule has 0 radical (unpaired) electrons. The number of nitrogens with one attached hydrogen (secondary N) is 3. The van der Waals surface area contributed by atoms with E-state index in [9.17, 15) is 23.3 Å². The molecule has 5 fully saturated rings. The highest BCUT2D eigenvalue weighted by atomic mass is 32.2. The molecule has 4 aliphatic heterocycles. The molecule has 1 atom stereocenters. The van der Waals surface area contributed by atoms with E-state index in [0.29, 0.717) is 36.1 Å². The summed E-state index contributed by atoms with van der Waals surface area (Å²) in [6.45, 7) is 12.6. The highest BCUT2D eigenvalue weighted by Gasteiger charge is 2.50. The maximum absolute atomic E-state index is 16.7. The summed E-state index contributed by atoms with van der Waals surface area (Å²) >= 11 is 0. The van der Waals surface area contributed by atoms with Gasteiger partial charge in [-0.1, -0.05) is 50.2 Å². The summed E-state index contributed by atoms with van der Waals surface area (Å²) < 4.78 is 79.1. The predicted molar refractivity (Wildman–Crippen MR) is 302 cm³/mol. The van der Waals surface area contributed by atoms with Gasteiger partial charge in [0.1, 0.15) is 40.1 Å². The number of ether oxygens (including phenoxy) is 3. The molecule has 80 heavy (non-hydrogen) atoms. The summed E-state index contributed by atoms with van der Waals surface area (Å²) in [7, 11) is -3.02. The van der Waals surface area contributed by atoms with E-state index in [1.165, 1.54) is 47.4 Å². The number of H-pyrrole nitrogens is 1. The number of carbonyl (C=O) groups excluding carboxylic acids is 1. The van der Waals surface area contributed by atoms with Crippen LogP contribution in [0.25, 0.3) is 11.0 Å². The number of hydrogen-bond donors (Lipinski definition) is 3. The third-order valence-electron chi connectivity index (χ3n) is 17.4. The minimum Gasteiger partial charge on any atom is -0.496 e. The van der Waals surface area contributed by atoms with Gasteiger partial charge in [-0.25, -0.2) is 26.9 Å². The van der Waals surface area contributed by atoms with Gasteiger partial charge in [-0.15, -0.1) is 0 Å². The number of methoxy groups -OCH3 is 1. The van der Waals surface area contributed by atoms with Crippen LogP contribution in [0.3, 0.4) is 0 Å². The van der Waals surface area contributed by atoms with E-state index in [2.05, 4.69) is 86.3 Å². The van der Waals surface area contributed by atoms with E-state index < -0.39 is 48.5 Å². The van der Waals surface area contributed by atoms with Gasteiger partial charge in [-0.2, -0.15) is 0 Å². The zero-order chi connectivity index (χ0) is 55.8. The Bertz CT molecular complexity index is 3350. The maximum atomic E-state index is 16.7. The van der Waals surface area contributed by atoms with Crippen LogP contribution in [-0.4, -0.2) is 128 Å². The lowest BCUT2D eigenvalue weighted by Crippen LogP contribution is -2.60. The third kappa shape index (κ3) is 11.9. The second kappa shape index (κ2) is 23.0. The summed E-state index contributed by atoms with van der Waals surface area (Å²) in [4.78, 5) is 42.2. The van der Waals surface area contributed by atoms with Gasteiger partial charge in [-0.3, -0.25) is 29.6 Å². The summed E-state index contributed by atoms with van der Waals surface area (Å²) in [6, 6.07) is 25.2. The van der Waals surface area contributed by atoms with Gasteiger partial charge in [-0.05, 0) is 116 Å². The first-order chi connectivity index (χ1) is 38.5. The van der Waals surface area contributed by atoms with Crippen molar-refractivity contribution in [3.63, 3.8) is 0 Å². The number of halogens is 2. The Hall–Kier alpha value is -6.71. The van der Waals surface area contributed by atoms with Crippen molar-refractivity contribution in [2.45, 2.75) is 107 Å². The number of carbonyl (C=O) groups is 1. The van der Waals surface area contributed by atoms with Crippen LogP contribution in [0.1, 0.15) is 110 Å². The van der Waals surface area contributed by atoms with Crippen LogP contribution in [-0.2, 0) is 27.8 Å². The van der Waals surface area contributed by atoms with Gasteiger partial charge < -0.3 is 29.4 Å². The molecule has 1 saturated carbocycles. The Labute approximate surface area is 466 Å². The number of hydrogen-bond acceptors (Lipinski definition) is 14. The van der Waals surface area contributed by atoms with Crippen molar-refractivity contribution >= 4 is 44.0 Å². The standard InChI is InChI=1S/C60H71F2N9O8S/c1-40(2)47-8-4-5-9-48(47)54-38-68(36-41-10-11-43(55(28-41)77-3)37-67-20-6-7-21-67)24-25-70(54)44-33-59(34-44)15-22-69(23-16-59)52-32-56(79-45-29-42-14-19-63-57(42)64-35-45)49(31-50(52)61)58(72)66-80(75,76)46-12-13-51(53(30-46)71(73)74)65-39-60(62)17-26-78-27-18-60/h4-5,8-14,19,28-32,35,40,44,54,65H,6-7,15-18,20-27,33-34,36-39H2,1-3H3,(H,63,64)(H,66,72)/t54-/m0/s1. The van der Waals surface area contributed by atoms with E-state index in [1.54, 1.807) is 25.4 Å². The number of nitro groups is 1. The first-order valence-corrected chi connectivity index (χ1v) is 29.5. The van der Waals surface area contributed by atoms with Crippen molar-refractivity contribution in [1.82, 2.24) is 29.4 Å². The molecule has 6 heterocycles. The molecule has 4 saturated heterocycles. The molecule has 11 rings (SSSR count). The number of rotatable bonds is 18. The second-order valence-electron chi connectivity index (χ2n) is 22.9. The molecule has 0 unspecified atom stereocenters. The average Bonchev–Trinajstić information content (AvgIpc) is 4.04. The van der Waals surface area contributed by atoms with Gasteiger partial charge >= 0.3 is 0 Å². The summed E-state index contributed by atoms with van der Waals surface area (Å²) in [5.41, 5.74) is 3.31. The fourth-order valence-corrected chi connectivity index (χ4v) is 13.8. The zero-order valence-electron chi connectivity index (χ0n) is 45.7. The van der Waals surface area contributed by atoms with Crippen LogP contribution in [0.4, 0.5) is 25.8 Å². The molecule has 3 N–H and O–H groups in total. The van der Waals surface area contributed by atoms with Crippen molar-refractivity contribution in [3.8, 4) is 17.2 Å². The molecule has 6 aromatic rings. The van der Waals surface area contributed by atoms with E-state index in [4.69, 9.17) is 14.2 Å². The number of pyridine rings is 1. The smallest absolute Gasteiger partial charge is 0.293 e. The van der Waals surface area contributed by atoms with Gasteiger partial charge in [0.05, 0.1) is 34.4 Å². The number of aromatic nitrogens is 2. The van der Waals surface area contributed by atoms with Crippen LogP contribution in [0.15, 0.2) is 102 Å². The number of nitro benzene ring substituents is 1. The van der Waals surface area contributed by atoms with Crippen molar-refractivity contribution in [3.05, 3.63) is 141 Å². The molecule has 5 aliphatic rings. The first kappa shape index (κ1) is 55.2. The largest absolute Gasteiger partial charge is 0.496 e. The topological polar surface area (TPSA) is 188 Å². The molecule has 1 spiro atoms. The lowest BCUT2D eigenvalue weighted by Gasteiger charge is -2.58. The summed E-state index contributed by atoms with van der Waals surface area (Å²) in [5.74, 6) is -0.538. The van der Waals surface area contributed by atoms with Crippen LogP contribution < -0.4 is 24.4 Å². The number of anilines is 2. The minimum atomic E-state index is -4.79. The Morgan fingerprint density at radius 2 is 1.69 bits per heavy atom. The molecule has 2 aromatic heterocycles. The Kier molecular flexibility index (Phi) is 15.9. The molecular formula is C60H71F2N9O8S.